The number of methoxy groups -OCH3 is 2. The molecule has 26 heavy (non-hydrogen) atoms. The fourth-order valence-corrected chi connectivity index (χ4v) is 3.07. The van der Waals surface area contributed by atoms with Crippen LogP contribution in [0.3, 0.4) is 0 Å². The summed E-state index contributed by atoms with van der Waals surface area (Å²) >= 11 is 0. The van der Waals surface area contributed by atoms with E-state index in [9.17, 15) is 18.0 Å². The number of hydrogen-bond acceptors (Lipinski definition) is 7. The minimum Gasteiger partial charge on any atom is -0.496 e. The molecule has 1 aromatic heterocycles. The van der Waals surface area contributed by atoms with Crippen LogP contribution in [0.25, 0.3) is 0 Å². The molecule has 2 amide bonds. The zero-order chi connectivity index (χ0) is 19.3. The molecule has 1 aromatic carbocycles. The number of nitrogens with one attached hydrogen (secondary N) is 2. The van der Waals surface area contributed by atoms with Crippen molar-refractivity contribution in [2.45, 2.75) is 4.90 Å². The first kappa shape index (κ1) is 19.0. The highest BCUT2D eigenvalue weighted by Gasteiger charge is 2.24. The highest BCUT2D eigenvalue weighted by molar-refractivity contribution is 7.90. The Hall–Kier alpha value is -3.34. The highest BCUT2D eigenvalue weighted by atomic mass is 32.2. The van der Waals surface area contributed by atoms with Crippen molar-refractivity contribution < 1.29 is 32.6 Å². The molecule has 0 fully saturated rings. The molecule has 1 heterocycles. The predicted octanol–water partition coefficient (Wildman–Crippen LogP) is 1.31. The number of benzene rings is 1. The van der Waals surface area contributed by atoms with Gasteiger partial charge in [0.25, 0.3) is 10.0 Å². The molecule has 0 aliphatic heterocycles. The SMILES string of the molecule is COc1cc(NC(=O)NS(=O)(=O)c2ccccc2C(=O)O)nc(OC)c1. The number of ether oxygens (including phenoxy) is 2. The number of anilines is 1. The van der Waals surface area contributed by atoms with E-state index in [4.69, 9.17) is 14.6 Å². The molecular weight excluding hydrogens is 366 g/mol. The molecule has 10 nitrogen and oxygen atoms in total. The van der Waals surface area contributed by atoms with Gasteiger partial charge in [-0.05, 0) is 12.1 Å². The lowest BCUT2D eigenvalue weighted by Crippen LogP contribution is -2.35. The van der Waals surface area contributed by atoms with E-state index in [0.29, 0.717) is 5.75 Å². The third-order valence-corrected chi connectivity index (χ3v) is 4.48. The number of sulfonamides is 1. The summed E-state index contributed by atoms with van der Waals surface area (Å²) in [6.45, 7) is 0. The maximum Gasteiger partial charge on any atom is 0.337 e. The van der Waals surface area contributed by atoms with E-state index in [2.05, 4.69) is 10.3 Å². The Labute approximate surface area is 148 Å². The summed E-state index contributed by atoms with van der Waals surface area (Å²) in [6.07, 6.45) is 0. The number of pyridine rings is 1. The first-order valence-corrected chi connectivity index (χ1v) is 8.51. The summed E-state index contributed by atoms with van der Waals surface area (Å²) in [7, 11) is -1.67. The highest BCUT2D eigenvalue weighted by Crippen LogP contribution is 2.22. The second-order valence-corrected chi connectivity index (χ2v) is 6.45. The number of rotatable bonds is 6. The fraction of sp³-hybridized carbons (Fsp3) is 0.133. The van der Waals surface area contributed by atoms with Crippen LogP contribution in [-0.2, 0) is 10.0 Å². The Kier molecular flexibility index (Phi) is 5.62. The molecule has 2 rings (SSSR count). The van der Waals surface area contributed by atoms with Gasteiger partial charge in [-0.3, -0.25) is 5.32 Å². The molecule has 0 aliphatic rings. The van der Waals surface area contributed by atoms with Crippen molar-refractivity contribution in [2.75, 3.05) is 19.5 Å². The zero-order valence-electron chi connectivity index (χ0n) is 13.7. The number of aromatic carboxylic acids is 1. The van der Waals surface area contributed by atoms with Crippen LogP contribution in [0.2, 0.25) is 0 Å². The largest absolute Gasteiger partial charge is 0.496 e. The Balaban J connectivity index is 2.23. The molecule has 138 valence electrons. The van der Waals surface area contributed by atoms with Gasteiger partial charge in [0, 0.05) is 12.1 Å². The van der Waals surface area contributed by atoms with Crippen LogP contribution in [0, 0.1) is 0 Å². The minimum absolute atomic E-state index is 0.0274. The van der Waals surface area contributed by atoms with Gasteiger partial charge in [0.15, 0.2) is 0 Å². The Morgan fingerprint density at radius 3 is 2.42 bits per heavy atom. The van der Waals surface area contributed by atoms with Crippen molar-refractivity contribution in [3.63, 3.8) is 0 Å². The average Bonchev–Trinajstić information content (AvgIpc) is 2.60. The van der Waals surface area contributed by atoms with Crippen molar-refractivity contribution in [3.05, 3.63) is 42.0 Å². The van der Waals surface area contributed by atoms with E-state index in [1.54, 1.807) is 4.72 Å². The van der Waals surface area contributed by atoms with Crippen molar-refractivity contribution in [1.82, 2.24) is 9.71 Å². The lowest BCUT2D eigenvalue weighted by atomic mass is 10.2. The van der Waals surface area contributed by atoms with Crippen molar-refractivity contribution in [1.29, 1.82) is 0 Å². The zero-order valence-corrected chi connectivity index (χ0v) is 14.5. The third kappa shape index (κ3) is 4.39. The minimum atomic E-state index is -4.42. The Bertz CT molecular complexity index is 922. The first-order chi connectivity index (χ1) is 12.3. The van der Waals surface area contributed by atoms with Gasteiger partial charge in [-0.2, -0.15) is 4.98 Å². The fourth-order valence-electron chi connectivity index (χ4n) is 1.96. The van der Waals surface area contributed by atoms with E-state index < -0.39 is 32.5 Å². The molecule has 0 bridgehead atoms. The van der Waals surface area contributed by atoms with Crippen LogP contribution in [0.1, 0.15) is 10.4 Å². The topological polar surface area (TPSA) is 144 Å². The summed E-state index contributed by atoms with van der Waals surface area (Å²) in [5, 5.41) is 11.3. The van der Waals surface area contributed by atoms with Crippen molar-refractivity contribution in [2.24, 2.45) is 0 Å². The van der Waals surface area contributed by atoms with Crippen LogP contribution >= 0.6 is 0 Å². The number of urea groups is 1. The van der Waals surface area contributed by atoms with Crippen molar-refractivity contribution >= 4 is 27.8 Å². The van der Waals surface area contributed by atoms with Gasteiger partial charge in [-0.25, -0.2) is 22.7 Å². The van der Waals surface area contributed by atoms with E-state index >= 15 is 0 Å². The first-order valence-electron chi connectivity index (χ1n) is 7.03. The number of carboxylic acids is 1. The molecule has 0 unspecified atom stereocenters. The number of aromatic nitrogens is 1. The summed E-state index contributed by atoms with van der Waals surface area (Å²) in [4.78, 5) is 26.5. The third-order valence-electron chi connectivity index (χ3n) is 3.10. The van der Waals surface area contributed by atoms with Crippen molar-refractivity contribution in [3.8, 4) is 11.6 Å². The van der Waals surface area contributed by atoms with Gasteiger partial charge < -0.3 is 14.6 Å². The van der Waals surface area contributed by atoms with Gasteiger partial charge >= 0.3 is 12.0 Å². The molecular formula is C15H15N3O7S. The van der Waals surface area contributed by atoms with Crippen LogP contribution in [0.4, 0.5) is 10.6 Å². The van der Waals surface area contributed by atoms with Crippen LogP contribution in [-0.4, -0.2) is 44.7 Å². The number of carbonyl (C=O) groups is 2. The summed E-state index contributed by atoms with van der Waals surface area (Å²) in [5.41, 5.74) is -0.464. The lowest BCUT2D eigenvalue weighted by Gasteiger charge is -2.11. The van der Waals surface area contributed by atoms with Crippen LogP contribution in [0.5, 0.6) is 11.6 Å². The Morgan fingerprint density at radius 1 is 1.12 bits per heavy atom. The van der Waals surface area contributed by atoms with Gasteiger partial charge in [0.1, 0.15) is 16.5 Å². The lowest BCUT2D eigenvalue weighted by molar-refractivity contribution is 0.0692. The number of nitrogens with zero attached hydrogens (tertiary/aromatic N) is 1. The molecule has 0 radical (unpaired) electrons. The number of carboxylic acid groups (broad SMARTS) is 1. The quantitative estimate of drug-likeness (QED) is 0.679. The molecule has 3 N–H and O–H groups in total. The van der Waals surface area contributed by atoms with Crippen LogP contribution < -0.4 is 19.5 Å². The summed E-state index contributed by atoms with van der Waals surface area (Å²) in [6, 6.07) is 6.58. The molecule has 0 saturated heterocycles. The van der Waals surface area contributed by atoms with E-state index in [0.717, 1.165) is 12.1 Å². The monoisotopic (exact) mass is 381 g/mol. The molecule has 0 spiro atoms. The molecule has 0 aliphatic carbocycles. The van der Waals surface area contributed by atoms with Gasteiger partial charge in [0.2, 0.25) is 5.88 Å². The maximum absolute atomic E-state index is 12.3. The smallest absolute Gasteiger partial charge is 0.337 e. The molecule has 2 aromatic rings. The Morgan fingerprint density at radius 2 is 1.81 bits per heavy atom. The summed E-state index contributed by atoms with van der Waals surface area (Å²) < 4.78 is 36.3. The van der Waals surface area contributed by atoms with E-state index in [-0.39, 0.29) is 11.7 Å². The maximum atomic E-state index is 12.3. The standard InChI is InChI=1S/C15H15N3O7S/c1-24-9-7-12(16-13(8-9)25-2)17-15(21)18-26(22,23)11-6-4-3-5-10(11)14(19)20/h3-8H,1-2H3,(H,19,20)(H2,16,17,18,21). The number of amides is 2. The molecule has 11 heteroatoms. The van der Waals surface area contributed by atoms with Crippen LogP contribution in [0.15, 0.2) is 41.3 Å². The van der Waals surface area contributed by atoms with Gasteiger partial charge in [0.05, 0.1) is 19.8 Å². The summed E-state index contributed by atoms with van der Waals surface area (Å²) in [5.74, 6) is -1.00. The molecule has 0 atom stereocenters. The van der Waals surface area contributed by atoms with Gasteiger partial charge in [-0.1, -0.05) is 12.1 Å². The normalized spacial score (nSPS) is 10.7. The second kappa shape index (κ2) is 7.70. The predicted molar refractivity (Wildman–Crippen MR) is 90.1 cm³/mol. The van der Waals surface area contributed by atoms with E-state index in [1.807, 2.05) is 0 Å². The second-order valence-electron chi connectivity index (χ2n) is 4.80. The average molecular weight is 381 g/mol. The van der Waals surface area contributed by atoms with E-state index in [1.165, 1.54) is 38.5 Å². The molecule has 0 saturated carbocycles. The number of hydrogen-bond donors (Lipinski definition) is 3. The van der Waals surface area contributed by atoms with Gasteiger partial charge in [-0.15, -0.1) is 0 Å². The number of carbonyl (C=O) groups excluding carboxylic acids is 1.